The standard InChI is InChI=1S/C14H19N3O2/c1-5-17-8-11(7-15-17)16-14(18)12-6-13(9(2)3)19-10(12)4/h6-9H,5H2,1-4H3,(H,16,18). The van der Waals surface area contributed by atoms with Crippen LogP contribution in [-0.2, 0) is 6.54 Å². The summed E-state index contributed by atoms with van der Waals surface area (Å²) < 4.78 is 7.34. The third-order valence-electron chi connectivity index (χ3n) is 2.97. The Morgan fingerprint density at radius 2 is 2.26 bits per heavy atom. The van der Waals surface area contributed by atoms with Crippen LogP contribution in [0.5, 0.6) is 0 Å². The molecule has 2 rings (SSSR count). The van der Waals surface area contributed by atoms with Crippen molar-refractivity contribution in [2.45, 2.75) is 40.2 Å². The number of aromatic nitrogens is 2. The highest BCUT2D eigenvalue weighted by Gasteiger charge is 2.17. The van der Waals surface area contributed by atoms with Crippen molar-refractivity contribution in [1.29, 1.82) is 0 Å². The molecule has 0 fully saturated rings. The smallest absolute Gasteiger partial charge is 0.259 e. The summed E-state index contributed by atoms with van der Waals surface area (Å²) in [6, 6.07) is 1.81. The largest absolute Gasteiger partial charge is 0.465 e. The van der Waals surface area contributed by atoms with Crippen LogP contribution in [-0.4, -0.2) is 15.7 Å². The van der Waals surface area contributed by atoms with E-state index in [1.165, 1.54) is 0 Å². The highest BCUT2D eigenvalue weighted by atomic mass is 16.3. The van der Waals surface area contributed by atoms with Gasteiger partial charge in [-0.2, -0.15) is 5.10 Å². The monoisotopic (exact) mass is 261 g/mol. The molecular weight excluding hydrogens is 242 g/mol. The van der Waals surface area contributed by atoms with Crippen LogP contribution in [0.25, 0.3) is 0 Å². The lowest BCUT2D eigenvalue weighted by Gasteiger charge is -2.00. The molecule has 0 unspecified atom stereocenters. The molecule has 0 aliphatic carbocycles. The number of nitrogens with one attached hydrogen (secondary N) is 1. The number of carbonyl (C=O) groups is 1. The summed E-state index contributed by atoms with van der Waals surface area (Å²) in [6.07, 6.45) is 3.44. The van der Waals surface area contributed by atoms with Gasteiger partial charge in [-0.3, -0.25) is 9.48 Å². The van der Waals surface area contributed by atoms with Crippen LogP contribution in [0.4, 0.5) is 5.69 Å². The van der Waals surface area contributed by atoms with E-state index < -0.39 is 0 Å². The number of anilines is 1. The van der Waals surface area contributed by atoms with Crippen molar-refractivity contribution in [3.8, 4) is 0 Å². The molecule has 5 heteroatoms. The van der Waals surface area contributed by atoms with Crippen molar-refractivity contribution >= 4 is 11.6 Å². The summed E-state index contributed by atoms with van der Waals surface area (Å²) in [7, 11) is 0. The number of carbonyl (C=O) groups excluding carboxylic acids is 1. The third kappa shape index (κ3) is 2.86. The Hall–Kier alpha value is -2.04. The normalized spacial score (nSPS) is 11.0. The van der Waals surface area contributed by atoms with Crippen molar-refractivity contribution in [2.75, 3.05) is 5.32 Å². The van der Waals surface area contributed by atoms with E-state index in [1.54, 1.807) is 30.1 Å². The molecule has 102 valence electrons. The van der Waals surface area contributed by atoms with Gasteiger partial charge in [0.05, 0.1) is 17.4 Å². The number of aryl methyl sites for hydroxylation is 2. The topological polar surface area (TPSA) is 60.1 Å². The highest BCUT2D eigenvalue weighted by molar-refractivity contribution is 6.04. The molecule has 0 atom stereocenters. The van der Waals surface area contributed by atoms with Crippen LogP contribution in [0.1, 0.15) is 48.6 Å². The first kappa shape index (κ1) is 13.4. The van der Waals surface area contributed by atoms with E-state index in [4.69, 9.17) is 4.42 Å². The number of hydrogen-bond acceptors (Lipinski definition) is 3. The first-order valence-corrected chi connectivity index (χ1v) is 6.45. The molecular formula is C14H19N3O2. The molecule has 0 aromatic carbocycles. The van der Waals surface area contributed by atoms with E-state index >= 15 is 0 Å². The van der Waals surface area contributed by atoms with E-state index in [9.17, 15) is 4.79 Å². The molecule has 0 saturated carbocycles. The van der Waals surface area contributed by atoms with Gasteiger partial charge in [-0.25, -0.2) is 0 Å². The van der Waals surface area contributed by atoms with Gasteiger partial charge < -0.3 is 9.73 Å². The molecule has 5 nitrogen and oxygen atoms in total. The van der Waals surface area contributed by atoms with Gasteiger partial charge in [-0.1, -0.05) is 13.8 Å². The highest BCUT2D eigenvalue weighted by Crippen LogP contribution is 2.22. The van der Waals surface area contributed by atoms with Crippen molar-refractivity contribution in [3.05, 3.63) is 35.5 Å². The molecule has 2 aromatic rings. The average molecular weight is 261 g/mol. The zero-order valence-electron chi connectivity index (χ0n) is 11.7. The van der Waals surface area contributed by atoms with Crippen LogP contribution in [0, 0.1) is 6.92 Å². The van der Waals surface area contributed by atoms with Gasteiger partial charge in [0.25, 0.3) is 5.91 Å². The SMILES string of the molecule is CCn1cc(NC(=O)c2cc(C(C)C)oc2C)cn1. The summed E-state index contributed by atoms with van der Waals surface area (Å²) in [6.45, 7) is 8.64. The van der Waals surface area contributed by atoms with E-state index in [2.05, 4.69) is 10.4 Å². The Balaban J connectivity index is 2.15. The Kier molecular flexibility index (Phi) is 3.74. The number of amides is 1. The van der Waals surface area contributed by atoms with E-state index in [0.29, 0.717) is 17.0 Å². The van der Waals surface area contributed by atoms with Crippen LogP contribution in [0.2, 0.25) is 0 Å². The van der Waals surface area contributed by atoms with Gasteiger partial charge in [0, 0.05) is 18.7 Å². The average Bonchev–Trinajstić information content (AvgIpc) is 2.95. The Labute approximate surface area is 112 Å². The summed E-state index contributed by atoms with van der Waals surface area (Å²) in [5, 5.41) is 6.94. The zero-order valence-corrected chi connectivity index (χ0v) is 11.7. The van der Waals surface area contributed by atoms with Crippen LogP contribution in [0.15, 0.2) is 22.9 Å². The van der Waals surface area contributed by atoms with Gasteiger partial charge in [0.2, 0.25) is 0 Å². The van der Waals surface area contributed by atoms with E-state index in [1.807, 2.05) is 20.8 Å². The lowest BCUT2D eigenvalue weighted by Crippen LogP contribution is -2.11. The first-order valence-electron chi connectivity index (χ1n) is 6.45. The minimum Gasteiger partial charge on any atom is -0.465 e. The number of nitrogens with zero attached hydrogens (tertiary/aromatic N) is 2. The number of furan rings is 1. The minimum atomic E-state index is -0.163. The fourth-order valence-electron chi connectivity index (χ4n) is 1.81. The van der Waals surface area contributed by atoms with Gasteiger partial charge in [-0.15, -0.1) is 0 Å². The molecule has 0 spiro atoms. The predicted molar refractivity (Wildman–Crippen MR) is 73.4 cm³/mol. The fraction of sp³-hybridized carbons (Fsp3) is 0.429. The maximum Gasteiger partial charge on any atom is 0.259 e. The third-order valence-corrected chi connectivity index (χ3v) is 2.97. The van der Waals surface area contributed by atoms with Crippen molar-refractivity contribution < 1.29 is 9.21 Å². The molecule has 0 aliphatic heterocycles. The van der Waals surface area contributed by atoms with Gasteiger partial charge >= 0.3 is 0 Å². The van der Waals surface area contributed by atoms with E-state index in [0.717, 1.165) is 12.3 Å². The molecule has 2 heterocycles. The predicted octanol–water partition coefficient (Wildman–Crippen LogP) is 3.18. The molecule has 0 bridgehead atoms. The van der Waals surface area contributed by atoms with Crippen molar-refractivity contribution in [1.82, 2.24) is 9.78 Å². The van der Waals surface area contributed by atoms with Crippen LogP contribution >= 0.6 is 0 Å². The molecule has 19 heavy (non-hydrogen) atoms. The Morgan fingerprint density at radius 3 is 2.79 bits per heavy atom. The van der Waals surface area contributed by atoms with Crippen molar-refractivity contribution in [2.24, 2.45) is 0 Å². The second-order valence-corrected chi connectivity index (χ2v) is 4.81. The summed E-state index contributed by atoms with van der Waals surface area (Å²) in [4.78, 5) is 12.2. The van der Waals surface area contributed by atoms with E-state index in [-0.39, 0.29) is 11.8 Å². The second kappa shape index (κ2) is 5.30. The molecule has 0 aliphatic rings. The molecule has 1 N–H and O–H groups in total. The summed E-state index contributed by atoms with van der Waals surface area (Å²) in [5.74, 6) is 1.57. The minimum absolute atomic E-state index is 0.163. The lowest BCUT2D eigenvalue weighted by molar-refractivity contribution is 0.102. The zero-order chi connectivity index (χ0) is 14.0. The Bertz CT molecular complexity index is 581. The first-order chi connectivity index (χ1) is 9.01. The van der Waals surface area contributed by atoms with Gasteiger partial charge in [0.15, 0.2) is 0 Å². The quantitative estimate of drug-likeness (QED) is 0.919. The fourth-order valence-corrected chi connectivity index (χ4v) is 1.81. The molecule has 0 radical (unpaired) electrons. The van der Waals surface area contributed by atoms with Gasteiger partial charge in [0.1, 0.15) is 11.5 Å². The van der Waals surface area contributed by atoms with Crippen LogP contribution in [0.3, 0.4) is 0 Å². The lowest BCUT2D eigenvalue weighted by atomic mass is 10.1. The number of hydrogen-bond donors (Lipinski definition) is 1. The maximum atomic E-state index is 12.2. The van der Waals surface area contributed by atoms with Crippen molar-refractivity contribution in [3.63, 3.8) is 0 Å². The molecule has 2 aromatic heterocycles. The maximum absolute atomic E-state index is 12.2. The molecule has 1 amide bonds. The summed E-state index contributed by atoms with van der Waals surface area (Å²) in [5.41, 5.74) is 1.27. The Morgan fingerprint density at radius 1 is 1.53 bits per heavy atom. The van der Waals surface area contributed by atoms with Gasteiger partial charge in [-0.05, 0) is 19.9 Å². The number of rotatable bonds is 4. The second-order valence-electron chi connectivity index (χ2n) is 4.81. The molecule has 0 saturated heterocycles. The van der Waals surface area contributed by atoms with Crippen LogP contribution < -0.4 is 5.32 Å². The summed E-state index contributed by atoms with van der Waals surface area (Å²) >= 11 is 0.